The molecule has 2 saturated heterocycles. The number of benzene rings is 1. The number of aromatic nitrogens is 2. The maximum Gasteiger partial charge on any atom is 0.320 e. The van der Waals surface area contributed by atoms with Crippen molar-refractivity contribution in [2.75, 3.05) is 31.6 Å². The van der Waals surface area contributed by atoms with Gasteiger partial charge in [0.25, 0.3) is 0 Å². The van der Waals surface area contributed by atoms with Crippen molar-refractivity contribution in [1.82, 2.24) is 20.0 Å². The van der Waals surface area contributed by atoms with Crippen molar-refractivity contribution in [3.05, 3.63) is 42.1 Å². The number of hydrogen-bond acceptors (Lipinski definition) is 4. The Hall–Kier alpha value is -2.38. The minimum Gasteiger partial charge on any atom is -0.378 e. The lowest BCUT2D eigenvalue weighted by Gasteiger charge is -2.34. The molecule has 1 aromatic heterocycles. The van der Waals surface area contributed by atoms with Gasteiger partial charge in [0.1, 0.15) is 5.82 Å². The quantitative estimate of drug-likeness (QED) is 0.869. The molecule has 0 bridgehead atoms. The van der Waals surface area contributed by atoms with Crippen molar-refractivity contribution in [2.45, 2.75) is 38.3 Å². The molecule has 2 aliphatic heterocycles. The Morgan fingerprint density at radius 2 is 1.93 bits per heavy atom. The van der Waals surface area contributed by atoms with Gasteiger partial charge in [-0.1, -0.05) is 24.6 Å². The molecule has 3 heterocycles. The van der Waals surface area contributed by atoms with E-state index in [1.165, 1.54) is 19.3 Å². The van der Waals surface area contributed by atoms with E-state index in [1.807, 2.05) is 43.3 Å². The normalized spacial score (nSPS) is 23.3. The Balaban J connectivity index is 1.42. The van der Waals surface area contributed by atoms with Crippen molar-refractivity contribution in [3.8, 4) is 5.69 Å². The van der Waals surface area contributed by atoms with E-state index in [0.717, 1.165) is 24.5 Å². The first-order chi connectivity index (χ1) is 13.2. The van der Waals surface area contributed by atoms with Crippen molar-refractivity contribution in [2.24, 2.45) is 0 Å². The number of nitrogens with one attached hydrogen (secondary N) is 2. The van der Waals surface area contributed by atoms with E-state index in [4.69, 9.17) is 4.74 Å². The lowest BCUT2D eigenvalue weighted by molar-refractivity contribution is 0.125. The summed E-state index contributed by atoms with van der Waals surface area (Å²) >= 11 is 0. The molecule has 0 aliphatic carbocycles. The molecule has 2 atom stereocenters. The Kier molecular flexibility index (Phi) is 5.40. The maximum atomic E-state index is 12.7. The summed E-state index contributed by atoms with van der Waals surface area (Å²) < 4.78 is 7.42. The van der Waals surface area contributed by atoms with Gasteiger partial charge in [0.05, 0.1) is 36.7 Å². The number of carbonyl (C=O) groups excluding carboxylic acids is 1. The molecular weight excluding hydrogens is 342 g/mol. The zero-order valence-corrected chi connectivity index (χ0v) is 15.7. The van der Waals surface area contributed by atoms with E-state index in [0.29, 0.717) is 19.0 Å². The van der Waals surface area contributed by atoms with Crippen LogP contribution < -0.4 is 10.6 Å². The van der Waals surface area contributed by atoms with Crippen LogP contribution in [0.5, 0.6) is 0 Å². The van der Waals surface area contributed by atoms with Crippen LogP contribution in [0, 0.1) is 6.92 Å². The van der Waals surface area contributed by atoms with Gasteiger partial charge in [0, 0.05) is 6.07 Å². The summed E-state index contributed by atoms with van der Waals surface area (Å²) in [5, 5.41) is 10.6. The lowest BCUT2D eigenvalue weighted by Crippen LogP contribution is -2.53. The van der Waals surface area contributed by atoms with E-state index >= 15 is 0 Å². The first kappa shape index (κ1) is 18.0. The Morgan fingerprint density at radius 1 is 1.15 bits per heavy atom. The number of anilines is 1. The maximum absolute atomic E-state index is 12.7. The highest BCUT2D eigenvalue weighted by molar-refractivity contribution is 5.89. The van der Waals surface area contributed by atoms with E-state index in [2.05, 4.69) is 20.6 Å². The Morgan fingerprint density at radius 3 is 2.70 bits per heavy atom. The number of urea groups is 1. The average Bonchev–Trinajstić information content (AvgIpc) is 3.29. The number of rotatable bonds is 4. The van der Waals surface area contributed by atoms with Crippen LogP contribution in [0.15, 0.2) is 36.4 Å². The molecule has 0 spiro atoms. The van der Waals surface area contributed by atoms with E-state index in [-0.39, 0.29) is 18.1 Å². The smallest absolute Gasteiger partial charge is 0.320 e. The monoisotopic (exact) mass is 369 g/mol. The van der Waals surface area contributed by atoms with Gasteiger partial charge in [0.2, 0.25) is 0 Å². The van der Waals surface area contributed by atoms with Crippen molar-refractivity contribution >= 4 is 11.8 Å². The first-order valence-corrected chi connectivity index (χ1v) is 9.72. The molecule has 2 aliphatic rings. The van der Waals surface area contributed by atoms with Gasteiger partial charge in [-0.25, -0.2) is 9.48 Å². The first-order valence-electron chi connectivity index (χ1n) is 9.72. The molecular formula is C20H27N5O2. The molecule has 7 nitrogen and oxygen atoms in total. The number of nitrogens with zero attached hydrogens (tertiary/aromatic N) is 3. The molecule has 4 rings (SSSR count). The number of ether oxygens (including phenoxy) is 1. The second-order valence-corrected chi connectivity index (χ2v) is 7.32. The highest BCUT2D eigenvalue weighted by atomic mass is 16.5. The molecule has 27 heavy (non-hydrogen) atoms. The van der Waals surface area contributed by atoms with Crippen LogP contribution in [0.4, 0.5) is 10.6 Å². The van der Waals surface area contributed by atoms with Crippen molar-refractivity contribution in [1.29, 1.82) is 0 Å². The van der Waals surface area contributed by atoms with Gasteiger partial charge in [-0.3, -0.25) is 10.2 Å². The molecule has 0 saturated carbocycles. The number of hydrogen-bond donors (Lipinski definition) is 2. The largest absolute Gasteiger partial charge is 0.378 e. The minimum absolute atomic E-state index is 0.0114. The molecule has 144 valence electrons. The molecule has 0 radical (unpaired) electrons. The summed E-state index contributed by atoms with van der Waals surface area (Å²) in [5.74, 6) is 0.657. The predicted octanol–water partition coefficient (Wildman–Crippen LogP) is 2.56. The Labute approximate surface area is 159 Å². The van der Waals surface area contributed by atoms with Gasteiger partial charge in [-0.05, 0) is 45.0 Å². The molecule has 2 amide bonds. The van der Waals surface area contributed by atoms with Gasteiger partial charge in [-0.2, -0.15) is 5.10 Å². The average molecular weight is 369 g/mol. The number of amides is 2. The van der Waals surface area contributed by atoms with Crippen LogP contribution in [-0.2, 0) is 4.74 Å². The summed E-state index contributed by atoms with van der Waals surface area (Å²) in [5.41, 5.74) is 1.76. The van der Waals surface area contributed by atoms with Gasteiger partial charge in [-0.15, -0.1) is 0 Å². The third-order valence-electron chi connectivity index (χ3n) is 5.30. The summed E-state index contributed by atoms with van der Waals surface area (Å²) in [7, 11) is 0. The van der Waals surface area contributed by atoms with Gasteiger partial charge < -0.3 is 10.1 Å². The van der Waals surface area contributed by atoms with Crippen LogP contribution in [-0.4, -0.2) is 59.1 Å². The third kappa shape index (κ3) is 4.14. The third-order valence-corrected chi connectivity index (χ3v) is 5.30. The van der Waals surface area contributed by atoms with Crippen LogP contribution >= 0.6 is 0 Å². The second-order valence-electron chi connectivity index (χ2n) is 7.32. The molecule has 2 unspecified atom stereocenters. The van der Waals surface area contributed by atoms with Crippen LogP contribution in [0.2, 0.25) is 0 Å². The fourth-order valence-electron chi connectivity index (χ4n) is 3.97. The summed E-state index contributed by atoms with van der Waals surface area (Å²) in [6, 6.07) is 11.7. The second kappa shape index (κ2) is 8.10. The Bertz CT molecular complexity index is 770. The van der Waals surface area contributed by atoms with E-state index in [9.17, 15) is 4.79 Å². The van der Waals surface area contributed by atoms with Gasteiger partial charge >= 0.3 is 6.03 Å². The number of likely N-dealkylation sites (tertiary alicyclic amines) is 1. The highest BCUT2D eigenvalue weighted by Gasteiger charge is 2.34. The predicted molar refractivity (Wildman–Crippen MR) is 104 cm³/mol. The highest BCUT2D eigenvalue weighted by Crippen LogP contribution is 2.20. The molecule has 1 aromatic carbocycles. The number of carbonyl (C=O) groups is 1. The molecule has 7 heteroatoms. The standard InChI is InChI=1S/C20H27N5O2/c1-15-12-19(25(23-15)16-8-4-2-5-9-16)22-20(26)21-17-13-27-14-18(17)24-10-6-3-7-11-24/h2,4-5,8-9,12,17-18H,3,6-7,10-11,13-14H2,1H3,(H2,21,22,26). The molecule has 2 aromatic rings. The number of para-hydroxylation sites is 1. The van der Waals surface area contributed by atoms with Crippen LogP contribution in [0.1, 0.15) is 25.0 Å². The number of piperidine rings is 1. The lowest BCUT2D eigenvalue weighted by atomic mass is 10.1. The zero-order chi connectivity index (χ0) is 18.6. The fourth-order valence-corrected chi connectivity index (χ4v) is 3.97. The van der Waals surface area contributed by atoms with Gasteiger partial charge in [0.15, 0.2) is 0 Å². The number of aryl methyl sites for hydroxylation is 1. The van der Waals surface area contributed by atoms with Crippen molar-refractivity contribution in [3.63, 3.8) is 0 Å². The molecule has 2 fully saturated rings. The van der Waals surface area contributed by atoms with E-state index < -0.39 is 0 Å². The summed E-state index contributed by atoms with van der Waals surface area (Å²) in [6.07, 6.45) is 3.75. The fraction of sp³-hybridized carbons (Fsp3) is 0.500. The summed E-state index contributed by atoms with van der Waals surface area (Å²) in [6.45, 7) is 5.35. The SMILES string of the molecule is Cc1cc(NC(=O)NC2COCC2N2CCCCC2)n(-c2ccccc2)n1. The minimum atomic E-state index is -0.218. The van der Waals surface area contributed by atoms with Crippen LogP contribution in [0.3, 0.4) is 0 Å². The zero-order valence-electron chi connectivity index (χ0n) is 15.7. The van der Waals surface area contributed by atoms with E-state index in [1.54, 1.807) is 4.68 Å². The van der Waals surface area contributed by atoms with Crippen molar-refractivity contribution < 1.29 is 9.53 Å². The topological polar surface area (TPSA) is 71.4 Å². The van der Waals surface area contributed by atoms with Crippen LogP contribution in [0.25, 0.3) is 5.69 Å². The summed E-state index contributed by atoms with van der Waals surface area (Å²) in [4.78, 5) is 15.1. The molecule has 2 N–H and O–H groups in total.